The summed E-state index contributed by atoms with van der Waals surface area (Å²) < 4.78 is 73.5. The maximum Gasteiger partial charge on any atom is 0.416 e. The third-order valence-electron chi connectivity index (χ3n) is 4.42. The number of amides is 2. The van der Waals surface area contributed by atoms with E-state index in [9.17, 15) is 26.7 Å². The third kappa shape index (κ3) is 5.04. The molecule has 0 aliphatic carbocycles. The zero-order valence-corrected chi connectivity index (χ0v) is 16.7. The second-order valence-electron chi connectivity index (χ2n) is 6.95. The summed E-state index contributed by atoms with van der Waals surface area (Å²) >= 11 is 0. The van der Waals surface area contributed by atoms with Gasteiger partial charge in [-0.05, 0) is 19.9 Å². The highest BCUT2D eigenvalue weighted by Gasteiger charge is 2.45. The summed E-state index contributed by atoms with van der Waals surface area (Å²) in [6.07, 6.45) is -2.71. The van der Waals surface area contributed by atoms with Gasteiger partial charge in [0.15, 0.2) is 17.4 Å². The molecule has 4 N–H and O–H groups in total. The largest absolute Gasteiger partial charge is 0.455 e. The molecule has 3 aromatic rings. The van der Waals surface area contributed by atoms with E-state index in [1.807, 2.05) is 0 Å². The minimum Gasteiger partial charge on any atom is -0.455 e. The van der Waals surface area contributed by atoms with Crippen LogP contribution in [0.15, 0.2) is 28.9 Å². The minimum absolute atomic E-state index is 0.0138. The molecule has 13 heteroatoms. The SMILES string of the molecule is Cc1c([C@@H](NC(=O)Nc2cnc(N[C@H](C)CO)nc2)C(F)(F)F)oc2c(F)cc(F)cc12. The molecular weight excluding hydrogens is 441 g/mol. The molecule has 0 unspecified atom stereocenters. The molecule has 0 saturated heterocycles. The number of rotatable bonds is 6. The van der Waals surface area contributed by atoms with Crippen molar-refractivity contribution in [1.82, 2.24) is 15.3 Å². The lowest BCUT2D eigenvalue weighted by atomic mass is 10.1. The van der Waals surface area contributed by atoms with Crippen LogP contribution in [-0.2, 0) is 0 Å². The van der Waals surface area contributed by atoms with Crippen LogP contribution in [0.2, 0.25) is 0 Å². The highest BCUT2D eigenvalue weighted by atomic mass is 19.4. The average Bonchev–Trinajstić information content (AvgIpc) is 3.03. The highest BCUT2D eigenvalue weighted by Crippen LogP contribution is 2.39. The Kier molecular flexibility index (Phi) is 6.48. The first-order valence-electron chi connectivity index (χ1n) is 9.21. The van der Waals surface area contributed by atoms with E-state index in [1.54, 1.807) is 12.2 Å². The molecule has 2 atom stereocenters. The zero-order chi connectivity index (χ0) is 23.6. The van der Waals surface area contributed by atoms with E-state index in [2.05, 4.69) is 20.6 Å². The van der Waals surface area contributed by atoms with E-state index in [-0.39, 0.29) is 35.2 Å². The fourth-order valence-corrected chi connectivity index (χ4v) is 2.86. The van der Waals surface area contributed by atoms with Crippen LogP contribution >= 0.6 is 0 Å². The van der Waals surface area contributed by atoms with Gasteiger partial charge < -0.3 is 25.5 Å². The molecule has 2 amide bonds. The molecule has 0 spiro atoms. The number of carbonyl (C=O) groups excluding carboxylic acids is 1. The summed E-state index contributed by atoms with van der Waals surface area (Å²) in [5.74, 6) is -2.79. The van der Waals surface area contributed by atoms with Crippen molar-refractivity contribution in [2.75, 3.05) is 17.2 Å². The second-order valence-corrected chi connectivity index (χ2v) is 6.95. The molecule has 172 valence electrons. The van der Waals surface area contributed by atoms with Gasteiger partial charge in [-0.15, -0.1) is 0 Å². The van der Waals surface area contributed by atoms with E-state index in [1.165, 1.54) is 6.92 Å². The Morgan fingerprint density at radius 3 is 2.47 bits per heavy atom. The van der Waals surface area contributed by atoms with Crippen molar-refractivity contribution in [3.63, 3.8) is 0 Å². The minimum atomic E-state index is -5.00. The van der Waals surface area contributed by atoms with Crippen molar-refractivity contribution in [3.05, 3.63) is 47.5 Å². The molecule has 0 saturated carbocycles. The zero-order valence-electron chi connectivity index (χ0n) is 16.7. The Morgan fingerprint density at radius 1 is 1.22 bits per heavy atom. The number of fused-ring (bicyclic) bond motifs is 1. The molecule has 2 heterocycles. The van der Waals surface area contributed by atoms with Gasteiger partial charge >= 0.3 is 12.2 Å². The number of hydrogen-bond donors (Lipinski definition) is 4. The standard InChI is InChI=1S/C19H18F5N5O3/c1-8(7-30)27-17-25-5-11(6-26-17)28-18(31)29-16(19(22,23)24)14-9(2)12-3-10(20)4-13(21)15(12)32-14/h3-6,8,16,30H,7H2,1-2H3,(H,25,26,27)(H2,28,29,31)/t8-,16-/m1/s1. The lowest BCUT2D eigenvalue weighted by molar-refractivity contribution is -0.158. The quantitative estimate of drug-likeness (QED) is 0.414. The van der Waals surface area contributed by atoms with Crippen LogP contribution in [0.25, 0.3) is 11.0 Å². The number of aliphatic hydroxyl groups is 1. The number of alkyl halides is 3. The highest BCUT2D eigenvalue weighted by molar-refractivity contribution is 5.89. The van der Waals surface area contributed by atoms with Crippen LogP contribution in [0.4, 0.5) is 38.4 Å². The van der Waals surface area contributed by atoms with Crippen molar-refractivity contribution >= 4 is 28.6 Å². The predicted octanol–water partition coefficient (Wildman–Crippen LogP) is 4.03. The number of carbonyl (C=O) groups is 1. The number of nitrogens with zero attached hydrogens (tertiary/aromatic N) is 2. The summed E-state index contributed by atoms with van der Waals surface area (Å²) in [5, 5.41) is 15.4. The number of aromatic nitrogens is 2. The number of urea groups is 1. The van der Waals surface area contributed by atoms with Crippen LogP contribution in [0.3, 0.4) is 0 Å². The molecule has 2 aromatic heterocycles. The predicted molar refractivity (Wildman–Crippen MR) is 104 cm³/mol. The molecule has 0 fully saturated rings. The fourth-order valence-electron chi connectivity index (χ4n) is 2.86. The summed E-state index contributed by atoms with van der Waals surface area (Å²) in [6, 6.07) is -2.90. The van der Waals surface area contributed by atoms with Crippen molar-refractivity contribution in [1.29, 1.82) is 0 Å². The molecule has 3 rings (SSSR count). The Balaban J connectivity index is 1.81. The van der Waals surface area contributed by atoms with Crippen LogP contribution in [0.5, 0.6) is 0 Å². The van der Waals surface area contributed by atoms with Crippen LogP contribution in [0, 0.1) is 18.6 Å². The molecule has 0 aliphatic rings. The van der Waals surface area contributed by atoms with E-state index in [0.717, 1.165) is 18.5 Å². The Bertz CT molecular complexity index is 1120. The smallest absolute Gasteiger partial charge is 0.416 e. The molecule has 8 nitrogen and oxygen atoms in total. The number of furan rings is 1. The first kappa shape index (κ1) is 23.2. The van der Waals surface area contributed by atoms with Crippen molar-refractivity contribution < 1.29 is 36.3 Å². The van der Waals surface area contributed by atoms with Crippen molar-refractivity contribution in [3.8, 4) is 0 Å². The maximum absolute atomic E-state index is 13.9. The van der Waals surface area contributed by atoms with Gasteiger partial charge in [-0.3, -0.25) is 0 Å². The average molecular weight is 459 g/mol. The third-order valence-corrected chi connectivity index (χ3v) is 4.42. The van der Waals surface area contributed by atoms with E-state index >= 15 is 0 Å². The van der Waals surface area contributed by atoms with Crippen molar-refractivity contribution in [2.45, 2.75) is 32.1 Å². The van der Waals surface area contributed by atoms with Gasteiger partial charge in [-0.2, -0.15) is 13.2 Å². The topological polar surface area (TPSA) is 112 Å². The number of nitrogens with one attached hydrogen (secondary N) is 3. The van der Waals surface area contributed by atoms with Gasteiger partial charge in [0.25, 0.3) is 0 Å². The monoisotopic (exact) mass is 459 g/mol. The fraction of sp³-hybridized carbons (Fsp3) is 0.316. The Labute approximate surface area is 177 Å². The van der Waals surface area contributed by atoms with Gasteiger partial charge in [0.2, 0.25) is 5.95 Å². The van der Waals surface area contributed by atoms with Gasteiger partial charge in [0, 0.05) is 23.1 Å². The maximum atomic E-state index is 13.9. The first-order valence-corrected chi connectivity index (χ1v) is 9.21. The number of anilines is 2. The summed E-state index contributed by atoms with van der Waals surface area (Å²) in [7, 11) is 0. The lowest BCUT2D eigenvalue weighted by Gasteiger charge is -2.20. The van der Waals surface area contributed by atoms with E-state index in [4.69, 9.17) is 9.52 Å². The van der Waals surface area contributed by atoms with Crippen LogP contribution in [-0.4, -0.2) is 39.9 Å². The molecule has 1 aromatic carbocycles. The number of hydrogen-bond acceptors (Lipinski definition) is 6. The molecular formula is C19H18F5N5O3. The number of halogens is 5. The van der Waals surface area contributed by atoms with Gasteiger partial charge in [-0.1, -0.05) is 0 Å². The summed E-state index contributed by atoms with van der Waals surface area (Å²) in [4.78, 5) is 19.9. The first-order chi connectivity index (χ1) is 15.0. The van der Waals surface area contributed by atoms with Crippen molar-refractivity contribution in [2.24, 2.45) is 0 Å². The Morgan fingerprint density at radius 2 is 1.88 bits per heavy atom. The molecule has 0 radical (unpaired) electrons. The second kappa shape index (κ2) is 8.94. The number of aryl methyl sites for hydroxylation is 1. The Hall–Kier alpha value is -3.48. The molecule has 32 heavy (non-hydrogen) atoms. The van der Waals surface area contributed by atoms with Crippen LogP contribution < -0.4 is 16.0 Å². The normalized spacial score (nSPS) is 13.6. The van der Waals surface area contributed by atoms with Gasteiger partial charge in [0.05, 0.1) is 24.7 Å². The van der Waals surface area contributed by atoms with E-state index < -0.39 is 41.2 Å². The molecule has 0 bridgehead atoms. The number of aliphatic hydroxyl groups excluding tert-OH is 1. The summed E-state index contributed by atoms with van der Waals surface area (Å²) in [6.45, 7) is 2.69. The summed E-state index contributed by atoms with van der Waals surface area (Å²) in [5.41, 5.74) is -0.734. The van der Waals surface area contributed by atoms with Crippen LogP contribution in [0.1, 0.15) is 24.3 Å². The number of benzene rings is 1. The lowest BCUT2D eigenvalue weighted by Crippen LogP contribution is -2.40. The van der Waals surface area contributed by atoms with E-state index in [0.29, 0.717) is 6.07 Å². The molecule has 0 aliphatic heterocycles. The van der Waals surface area contributed by atoms with Gasteiger partial charge in [0.1, 0.15) is 11.6 Å². The van der Waals surface area contributed by atoms with Gasteiger partial charge in [-0.25, -0.2) is 23.5 Å².